The number of carbonyl (C=O) groups is 3. The third-order valence-corrected chi connectivity index (χ3v) is 6.21. The standard InChI is InChI=1S/C19H14BrFN4O3/c20-10-1-2-12-13(7-10)18(3-4-18)16(28)25(14(12)26)19(5-6-19)15(27)24-17-22-8-11(21)9-23-17/h1-2,7-9H,3-6H2,(H,22,23,24,27). The van der Waals surface area contributed by atoms with Gasteiger partial charge in [-0.15, -0.1) is 0 Å². The number of carbonyl (C=O) groups excluding carboxylic acids is 3. The van der Waals surface area contributed by atoms with Crippen molar-refractivity contribution in [2.75, 3.05) is 5.32 Å². The molecule has 1 spiro atoms. The predicted molar refractivity (Wildman–Crippen MR) is 98.8 cm³/mol. The fraction of sp³-hybridized carbons (Fsp3) is 0.316. The predicted octanol–water partition coefficient (Wildman–Crippen LogP) is 2.56. The van der Waals surface area contributed by atoms with Gasteiger partial charge in [-0.2, -0.15) is 0 Å². The highest BCUT2D eigenvalue weighted by molar-refractivity contribution is 9.10. The molecule has 0 saturated heterocycles. The summed E-state index contributed by atoms with van der Waals surface area (Å²) in [6, 6.07) is 5.27. The molecule has 1 N–H and O–H groups in total. The van der Waals surface area contributed by atoms with E-state index in [1.165, 1.54) is 0 Å². The molecule has 7 nitrogen and oxygen atoms in total. The fourth-order valence-electron chi connectivity index (χ4n) is 3.90. The lowest BCUT2D eigenvalue weighted by Gasteiger charge is -2.37. The Kier molecular flexibility index (Phi) is 3.52. The maximum atomic E-state index is 13.3. The number of benzene rings is 1. The molecule has 0 atom stereocenters. The molecule has 0 bridgehead atoms. The van der Waals surface area contributed by atoms with Crippen molar-refractivity contribution in [2.24, 2.45) is 0 Å². The van der Waals surface area contributed by atoms with Crippen molar-refractivity contribution in [1.82, 2.24) is 14.9 Å². The molecule has 5 rings (SSSR count). The molecule has 0 unspecified atom stereocenters. The van der Waals surface area contributed by atoms with Gasteiger partial charge in [0.05, 0.1) is 17.8 Å². The second-order valence-corrected chi connectivity index (χ2v) is 8.34. The van der Waals surface area contributed by atoms with Gasteiger partial charge in [-0.05, 0) is 49.4 Å². The number of amides is 3. The van der Waals surface area contributed by atoms with Crippen LogP contribution in [0.2, 0.25) is 0 Å². The average molecular weight is 445 g/mol. The van der Waals surface area contributed by atoms with Crippen molar-refractivity contribution in [3.63, 3.8) is 0 Å². The van der Waals surface area contributed by atoms with E-state index in [-0.39, 0.29) is 11.9 Å². The van der Waals surface area contributed by atoms with E-state index in [1.807, 2.05) is 6.07 Å². The van der Waals surface area contributed by atoms with Crippen LogP contribution in [-0.4, -0.2) is 38.1 Å². The summed E-state index contributed by atoms with van der Waals surface area (Å²) in [5.41, 5.74) is -0.787. The molecule has 2 aliphatic carbocycles. The summed E-state index contributed by atoms with van der Waals surface area (Å²) in [5.74, 6) is -2.01. The zero-order chi connectivity index (χ0) is 19.7. The first-order valence-electron chi connectivity index (χ1n) is 8.85. The molecule has 2 fully saturated rings. The largest absolute Gasteiger partial charge is 0.292 e. The molecule has 2 saturated carbocycles. The van der Waals surface area contributed by atoms with E-state index in [1.54, 1.807) is 12.1 Å². The lowest BCUT2D eigenvalue weighted by Crippen LogP contribution is -2.58. The summed E-state index contributed by atoms with van der Waals surface area (Å²) >= 11 is 3.40. The van der Waals surface area contributed by atoms with Gasteiger partial charge in [0.1, 0.15) is 5.54 Å². The normalized spacial score (nSPS) is 20.7. The Morgan fingerprint density at radius 1 is 1.14 bits per heavy atom. The fourth-order valence-corrected chi connectivity index (χ4v) is 4.26. The Labute approximate surface area is 167 Å². The lowest BCUT2D eigenvalue weighted by atomic mass is 9.84. The van der Waals surface area contributed by atoms with Gasteiger partial charge in [0.2, 0.25) is 11.9 Å². The molecule has 3 aliphatic rings. The van der Waals surface area contributed by atoms with Crippen LogP contribution in [0.4, 0.5) is 10.3 Å². The summed E-state index contributed by atoms with van der Waals surface area (Å²) in [6.45, 7) is 0. The minimum atomic E-state index is -1.24. The minimum absolute atomic E-state index is 0.0694. The number of nitrogens with zero attached hydrogens (tertiary/aromatic N) is 3. The number of aromatic nitrogens is 2. The third-order valence-electron chi connectivity index (χ3n) is 5.71. The summed E-state index contributed by atoms with van der Waals surface area (Å²) in [5, 5.41) is 2.51. The van der Waals surface area contributed by atoms with Crippen molar-refractivity contribution in [3.05, 3.63) is 52.0 Å². The zero-order valence-corrected chi connectivity index (χ0v) is 16.1. The summed E-state index contributed by atoms with van der Waals surface area (Å²) in [6.07, 6.45) is 3.92. The highest BCUT2D eigenvalue weighted by Crippen LogP contribution is 2.57. The first-order chi connectivity index (χ1) is 13.4. The Balaban J connectivity index is 1.51. The second kappa shape index (κ2) is 5.66. The summed E-state index contributed by atoms with van der Waals surface area (Å²) in [4.78, 5) is 48.0. The quantitative estimate of drug-likeness (QED) is 0.734. The molecule has 142 valence electrons. The van der Waals surface area contributed by atoms with E-state index >= 15 is 0 Å². The monoisotopic (exact) mass is 444 g/mol. The SMILES string of the molecule is O=C1c2ccc(Br)cc2C2(CC2)C(=O)N1C1(C(=O)Nc2ncc(F)cn2)CC1. The topological polar surface area (TPSA) is 92.3 Å². The number of hydrogen-bond acceptors (Lipinski definition) is 5. The molecule has 9 heteroatoms. The second-order valence-electron chi connectivity index (χ2n) is 7.43. The van der Waals surface area contributed by atoms with E-state index in [0.717, 1.165) is 27.3 Å². The third kappa shape index (κ3) is 2.35. The van der Waals surface area contributed by atoms with Gasteiger partial charge in [0.25, 0.3) is 11.8 Å². The number of imide groups is 1. The highest BCUT2D eigenvalue weighted by atomic mass is 79.9. The molecule has 2 heterocycles. The van der Waals surface area contributed by atoms with Crippen LogP contribution in [0.25, 0.3) is 0 Å². The first-order valence-corrected chi connectivity index (χ1v) is 9.65. The van der Waals surface area contributed by atoms with Crippen LogP contribution in [0.5, 0.6) is 0 Å². The number of halogens is 2. The molecule has 2 aromatic rings. The van der Waals surface area contributed by atoms with Gasteiger partial charge in [0.15, 0.2) is 5.82 Å². The molecule has 1 aliphatic heterocycles. The maximum absolute atomic E-state index is 13.3. The van der Waals surface area contributed by atoms with Crippen molar-refractivity contribution in [2.45, 2.75) is 36.6 Å². The van der Waals surface area contributed by atoms with E-state index < -0.39 is 28.6 Å². The number of hydrogen-bond donors (Lipinski definition) is 1. The molecule has 0 radical (unpaired) electrons. The Morgan fingerprint density at radius 3 is 2.43 bits per heavy atom. The van der Waals surface area contributed by atoms with E-state index in [4.69, 9.17) is 0 Å². The summed E-state index contributed by atoms with van der Waals surface area (Å²) < 4.78 is 13.8. The van der Waals surface area contributed by atoms with Crippen LogP contribution in [0.1, 0.15) is 41.6 Å². The smallest absolute Gasteiger partial charge is 0.261 e. The van der Waals surface area contributed by atoms with Crippen molar-refractivity contribution >= 4 is 39.6 Å². The average Bonchev–Trinajstić information content (AvgIpc) is 3.57. The molecular weight excluding hydrogens is 431 g/mol. The minimum Gasteiger partial charge on any atom is -0.292 e. The first kappa shape index (κ1) is 17.4. The lowest BCUT2D eigenvalue weighted by molar-refractivity contribution is -0.139. The van der Waals surface area contributed by atoms with Crippen LogP contribution in [-0.2, 0) is 15.0 Å². The van der Waals surface area contributed by atoms with Crippen molar-refractivity contribution in [1.29, 1.82) is 0 Å². The van der Waals surface area contributed by atoms with Crippen LogP contribution < -0.4 is 5.32 Å². The van der Waals surface area contributed by atoms with Crippen molar-refractivity contribution < 1.29 is 18.8 Å². The number of fused-ring (bicyclic) bond motifs is 2. The number of anilines is 1. The zero-order valence-electron chi connectivity index (χ0n) is 14.5. The van der Waals surface area contributed by atoms with Crippen LogP contribution in [0, 0.1) is 5.82 Å². The van der Waals surface area contributed by atoms with Gasteiger partial charge in [-0.25, -0.2) is 14.4 Å². The molecule has 1 aromatic heterocycles. The van der Waals surface area contributed by atoms with Gasteiger partial charge < -0.3 is 0 Å². The molecule has 3 amide bonds. The summed E-state index contributed by atoms with van der Waals surface area (Å²) in [7, 11) is 0. The Morgan fingerprint density at radius 2 is 1.82 bits per heavy atom. The van der Waals surface area contributed by atoms with Crippen molar-refractivity contribution in [3.8, 4) is 0 Å². The van der Waals surface area contributed by atoms with E-state index in [2.05, 4.69) is 31.2 Å². The molecular formula is C19H14BrFN4O3. The molecule has 28 heavy (non-hydrogen) atoms. The Bertz CT molecular complexity index is 1050. The number of rotatable bonds is 3. The highest BCUT2D eigenvalue weighted by Gasteiger charge is 2.67. The van der Waals surface area contributed by atoms with Crippen LogP contribution >= 0.6 is 15.9 Å². The van der Waals surface area contributed by atoms with Crippen LogP contribution in [0.15, 0.2) is 35.1 Å². The molecule has 1 aromatic carbocycles. The van der Waals surface area contributed by atoms with Gasteiger partial charge in [-0.1, -0.05) is 15.9 Å². The maximum Gasteiger partial charge on any atom is 0.261 e. The van der Waals surface area contributed by atoms with Gasteiger partial charge in [-0.3, -0.25) is 24.6 Å². The van der Waals surface area contributed by atoms with Gasteiger partial charge in [0, 0.05) is 10.0 Å². The van der Waals surface area contributed by atoms with Gasteiger partial charge >= 0.3 is 0 Å². The van der Waals surface area contributed by atoms with Crippen LogP contribution in [0.3, 0.4) is 0 Å². The van der Waals surface area contributed by atoms with E-state index in [0.29, 0.717) is 31.2 Å². The Hall–Kier alpha value is -2.68. The number of nitrogens with one attached hydrogen (secondary N) is 1. The van der Waals surface area contributed by atoms with E-state index in [9.17, 15) is 18.8 Å².